The molecule has 0 saturated heterocycles. The molecule has 0 radical (unpaired) electrons. The summed E-state index contributed by atoms with van der Waals surface area (Å²) < 4.78 is 32.5. The third-order valence-corrected chi connectivity index (χ3v) is 5.08. The van der Waals surface area contributed by atoms with E-state index in [-0.39, 0.29) is 25.5 Å². The molecule has 0 saturated carbocycles. The van der Waals surface area contributed by atoms with Crippen molar-refractivity contribution in [1.82, 2.24) is 4.90 Å². The largest absolute Gasteiger partial charge is 0.458 e. The highest BCUT2D eigenvalue weighted by Crippen LogP contribution is 2.38. The van der Waals surface area contributed by atoms with Crippen molar-refractivity contribution in [2.75, 3.05) is 6.61 Å². The lowest BCUT2D eigenvalue weighted by Crippen LogP contribution is -2.38. The number of rotatable bonds is 6. The number of halogens is 2. The predicted molar refractivity (Wildman–Crippen MR) is 109 cm³/mol. The first kappa shape index (κ1) is 21.4. The SMILES string of the molecule is C=CCOC(=O)C1=C(C)N(Cc2cc(F)cc(F)c2)C(=O)C[C@H]1c1cccc(C)c1. The molecule has 1 amide bonds. The van der Waals surface area contributed by atoms with Crippen LogP contribution in [0.3, 0.4) is 0 Å². The summed E-state index contributed by atoms with van der Waals surface area (Å²) in [5, 5.41) is 0. The number of aryl methyl sites for hydroxylation is 1. The molecule has 2 aromatic carbocycles. The summed E-state index contributed by atoms with van der Waals surface area (Å²) in [7, 11) is 0. The van der Waals surface area contributed by atoms with E-state index in [9.17, 15) is 18.4 Å². The minimum atomic E-state index is -0.723. The fourth-order valence-corrected chi connectivity index (χ4v) is 3.74. The van der Waals surface area contributed by atoms with Gasteiger partial charge in [0.25, 0.3) is 0 Å². The molecule has 0 aromatic heterocycles. The van der Waals surface area contributed by atoms with E-state index < -0.39 is 23.5 Å². The van der Waals surface area contributed by atoms with E-state index in [0.717, 1.165) is 17.2 Å². The predicted octanol–water partition coefficient (Wildman–Crippen LogP) is 4.79. The van der Waals surface area contributed by atoms with Gasteiger partial charge in [0.2, 0.25) is 5.91 Å². The highest BCUT2D eigenvalue weighted by Gasteiger charge is 2.37. The van der Waals surface area contributed by atoms with E-state index in [1.54, 1.807) is 6.92 Å². The van der Waals surface area contributed by atoms with Gasteiger partial charge < -0.3 is 9.64 Å². The van der Waals surface area contributed by atoms with Crippen LogP contribution < -0.4 is 0 Å². The van der Waals surface area contributed by atoms with Crippen LogP contribution in [-0.4, -0.2) is 23.4 Å². The molecule has 3 rings (SSSR count). The molecule has 2 aromatic rings. The van der Waals surface area contributed by atoms with Crippen molar-refractivity contribution in [2.24, 2.45) is 0 Å². The average Bonchev–Trinajstić information content (AvgIpc) is 2.68. The first-order chi connectivity index (χ1) is 14.3. The summed E-state index contributed by atoms with van der Waals surface area (Å²) in [5.74, 6) is -2.68. The summed E-state index contributed by atoms with van der Waals surface area (Å²) in [6, 6.07) is 10.7. The third kappa shape index (κ3) is 4.64. The molecule has 0 bridgehead atoms. The zero-order valence-electron chi connectivity index (χ0n) is 17.0. The van der Waals surface area contributed by atoms with Gasteiger partial charge >= 0.3 is 5.97 Å². The maximum atomic E-state index is 13.6. The van der Waals surface area contributed by atoms with Crippen LogP contribution in [0.4, 0.5) is 8.78 Å². The van der Waals surface area contributed by atoms with Gasteiger partial charge in [0.15, 0.2) is 0 Å². The Morgan fingerprint density at radius 1 is 1.20 bits per heavy atom. The summed E-state index contributed by atoms with van der Waals surface area (Å²) in [4.78, 5) is 27.2. The van der Waals surface area contributed by atoms with E-state index in [1.165, 1.54) is 23.1 Å². The Hall–Kier alpha value is -3.28. The molecule has 1 atom stereocenters. The first-order valence-corrected chi connectivity index (χ1v) is 9.61. The zero-order chi connectivity index (χ0) is 21.8. The van der Waals surface area contributed by atoms with E-state index in [4.69, 9.17) is 4.74 Å². The molecule has 30 heavy (non-hydrogen) atoms. The molecule has 0 spiro atoms. The fourth-order valence-electron chi connectivity index (χ4n) is 3.74. The second-order valence-corrected chi connectivity index (χ2v) is 7.31. The molecular formula is C24H23F2NO3. The van der Waals surface area contributed by atoms with E-state index in [0.29, 0.717) is 16.8 Å². The third-order valence-electron chi connectivity index (χ3n) is 5.08. The van der Waals surface area contributed by atoms with Gasteiger partial charge in [0.1, 0.15) is 18.2 Å². The number of amides is 1. The molecule has 1 aliphatic rings. The fraction of sp³-hybridized carbons (Fsp3) is 0.250. The molecule has 0 N–H and O–H groups in total. The average molecular weight is 411 g/mol. The Bertz CT molecular complexity index is 1010. The van der Waals surface area contributed by atoms with Gasteiger partial charge in [-0.3, -0.25) is 4.79 Å². The van der Waals surface area contributed by atoms with Crippen LogP contribution in [0.5, 0.6) is 0 Å². The maximum Gasteiger partial charge on any atom is 0.336 e. The lowest BCUT2D eigenvalue weighted by atomic mass is 9.83. The second-order valence-electron chi connectivity index (χ2n) is 7.31. The van der Waals surface area contributed by atoms with Crippen LogP contribution in [0.2, 0.25) is 0 Å². The number of allylic oxidation sites excluding steroid dienone is 1. The zero-order valence-corrected chi connectivity index (χ0v) is 17.0. The topological polar surface area (TPSA) is 46.6 Å². The van der Waals surface area contributed by atoms with Gasteiger partial charge in [-0.2, -0.15) is 0 Å². The Kier molecular flexibility index (Phi) is 6.45. The number of hydrogen-bond donors (Lipinski definition) is 0. The first-order valence-electron chi connectivity index (χ1n) is 9.61. The van der Waals surface area contributed by atoms with Crippen LogP contribution in [0.25, 0.3) is 0 Å². The molecular weight excluding hydrogens is 388 g/mol. The quantitative estimate of drug-likeness (QED) is 0.507. The minimum absolute atomic E-state index is 0.0409. The van der Waals surface area contributed by atoms with Crippen molar-refractivity contribution in [2.45, 2.75) is 32.7 Å². The van der Waals surface area contributed by atoms with Crippen LogP contribution in [0.15, 0.2) is 66.4 Å². The molecule has 4 nitrogen and oxygen atoms in total. The number of benzene rings is 2. The number of carbonyl (C=O) groups is 2. The summed E-state index contributed by atoms with van der Waals surface area (Å²) in [6.07, 6.45) is 1.52. The lowest BCUT2D eigenvalue weighted by molar-refractivity contribution is -0.139. The Balaban J connectivity index is 2.04. The van der Waals surface area contributed by atoms with Crippen molar-refractivity contribution in [1.29, 1.82) is 0 Å². The lowest BCUT2D eigenvalue weighted by Gasteiger charge is -2.34. The molecule has 1 aliphatic heterocycles. The molecule has 6 heteroatoms. The maximum absolute atomic E-state index is 13.6. The number of hydrogen-bond acceptors (Lipinski definition) is 3. The van der Waals surface area contributed by atoms with Gasteiger partial charge in [-0.1, -0.05) is 42.5 Å². The van der Waals surface area contributed by atoms with Crippen molar-refractivity contribution >= 4 is 11.9 Å². The number of ether oxygens (including phenoxy) is 1. The minimum Gasteiger partial charge on any atom is -0.458 e. The summed E-state index contributed by atoms with van der Waals surface area (Å²) in [6.45, 7) is 7.14. The van der Waals surface area contributed by atoms with Crippen molar-refractivity contribution in [3.05, 3.63) is 94.7 Å². The second kappa shape index (κ2) is 9.03. The van der Waals surface area contributed by atoms with Gasteiger partial charge in [-0.05, 0) is 37.1 Å². The smallest absolute Gasteiger partial charge is 0.336 e. The normalized spacial score (nSPS) is 16.6. The van der Waals surface area contributed by atoms with Crippen LogP contribution in [0, 0.1) is 18.6 Å². The van der Waals surface area contributed by atoms with Crippen LogP contribution >= 0.6 is 0 Å². The van der Waals surface area contributed by atoms with Gasteiger partial charge in [-0.25, -0.2) is 13.6 Å². The highest BCUT2D eigenvalue weighted by molar-refractivity contribution is 5.95. The van der Waals surface area contributed by atoms with Crippen LogP contribution in [0.1, 0.15) is 36.0 Å². The molecule has 0 aliphatic carbocycles. The molecule has 156 valence electrons. The van der Waals surface area contributed by atoms with E-state index in [2.05, 4.69) is 6.58 Å². The number of carbonyl (C=O) groups excluding carboxylic acids is 2. The van der Waals surface area contributed by atoms with Crippen LogP contribution in [-0.2, 0) is 20.9 Å². The molecule has 0 unspecified atom stereocenters. The van der Waals surface area contributed by atoms with Gasteiger partial charge in [-0.15, -0.1) is 0 Å². The Morgan fingerprint density at radius 3 is 2.53 bits per heavy atom. The van der Waals surface area contributed by atoms with Gasteiger partial charge in [0.05, 0.1) is 12.1 Å². The van der Waals surface area contributed by atoms with Gasteiger partial charge in [0, 0.05) is 24.1 Å². The summed E-state index contributed by atoms with van der Waals surface area (Å²) in [5.41, 5.74) is 2.92. The summed E-state index contributed by atoms with van der Waals surface area (Å²) >= 11 is 0. The van der Waals surface area contributed by atoms with E-state index in [1.807, 2.05) is 31.2 Å². The number of esters is 1. The standard InChI is InChI=1S/C24H23F2NO3/c1-4-8-30-24(29)23-16(3)27(14-17-10-19(25)12-20(26)11-17)22(28)13-21(23)18-7-5-6-15(2)9-18/h4-7,9-12,21H,1,8,13-14H2,2-3H3/t21-/m0/s1. The van der Waals surface area contributed by atoms with Crippen molar-refractivity contribution in [3.63, 3.8) is 0 Å². The Morgan fingerprint density at radius 2 is 1.90 bits per heavy atom. The van der Waals surface area contributed by atoms with Crippen molar-refractivity contribution < 1.29 is 23.1 Å². The molecule has 0 fully saturated rings. The Labute approximate surface area is 174 Å². The van der Waals surface area contributed by atoms with E-state index >= 15 is 0 Å². The monoisotopic (exact) mass is 411 g/mol. The van der Waals surface area contributed by atoms with Crippen molar-refractivity contribution in [3.8, 4) is 0 Å². The highest BCUT2D eigenvalue weighted by atomic mass is 19.1. The number of nitrogens with zero attached hydrogens (tertiary/aromatic N) is 1. The molecule has 1 heterocycles.